The Morgan fingerprint density at radius 1 is 1.00 bits per heavy atom. The Bertz CT molecular complexity index is 433. The summed E-state index contributed by atoms with van der Waals surface area (Å²) in [5.41, 5.74) is 4.47. The van der Waals surface area contributed by atoms with Crippen LogP contribution in [0.5, 0.6) is 0 Å². The standard InChI is InChI=1S/C18H27N/c1-13-7-8-15(11-14(13)2)18-6-4-3-5-16(18)12-19-17-9-10-17/h7-8,11,16-19H,3-6,9-10,12H2,1-2H3. The van der Waals surface area contributed by atoms with Crippen LogP contribution in [0.4, 0.5) is 0 Å². The van der Waals surface area contributed by atoms with Gasteiger partial charge in [-0.05, 0) is 74.6 Å². The van der Waals surface area contributed by atoms with Gasteiger partial charge in [-0.1, -0.05) is 31.0 Å². The molecule has 0 radical (unpaired) electrons. The molecule has 1 nitrogen and oxygen atoms in total. The fraction of sp³-hybridized carbons (Fsp3) is 0.667. The van der Waals surface area contributed by atoms with Crippen molar-refractivity contribution in [1.82, 2.24) is 5.32 Å². The van der Waals surface area contributed by atoms with Gasteiger partial charge in [0.1, 0.15) is 0 Å². The van der Waals surface area contributed by atoms with Crippen molar-refractivity contribution < 1.29 is 0 Å². The smallest absolute Gasteiger partial charge is 0.00683 e. The van der Waals surface area contributed by atoms with Crippen LogP contribution in [0.25, 0.3) is 0 Å². The Labute approximate surface area is 117 Å². The molecule has 1 N–H and O–H groups in total. The summed E-state index contributed by atoms with van der Waals surface area (Å²) >= 11 is 0. The Morgan fingerprint density at radius 2 is 1.79 bits per heavy atom. The summed E-state index contributed by atoms with van der Waals surface area (Å²) in [5, 5.41) is 3.75. The zero-order valence-corrected chi connectivity index (χ0v) is 12.4. The highest BCUT2D eigenvalue weighted by Crippen LogP contribution is 2.38. The van der Waals surface area contributed by atoms with Gasteiger partial charge in [0.2, 0.25) is 0 Å². The first-order chi connectivity index (χ1) is 9.24. The average molecular weight is 257 g/mol. The molecule has 2 aliphatic carbocycles. The lowest BCUT2D eigenvalue weighted by Crippen LogP contribution is -2.30. The quantitative estimate of drug-likeness (QED) is 0.846. The van der Waals surface area contributed by atoms with E-state index in [2.05, 4.69) is 37.4 Å². The van der Waals surface area contributed by atoms with Crippen molar-refractivity contribution in [3.05, 3.63) is 34.9 Å². The second-order valence-corrected chi connectivity index (χ2v) is 6.68. The van der Waals surface area contributed by atoms with Crippen LogP contribution in [-0.2, 0) is 0 Å². The Balaban J connectivity index is 1.72. The molecule has 0 aliphatic heterocycles. The van der Waals surface area contributed by atoms with E-state index in [1.54, 1.807) is 5.56 Å². The molecular formula is C18H27N. The maximum Gasteiger partial charge on any atom is 0.00683 e. The van der Waals surface area contributed by atoms with Gasteiger partial charge < -0.3 is 5.32 Å². The lowest BCUT2D eigenvalue weighted by molar-refractivity contribution is 0.295. The molecule has 2 aliphatic rings. The van der Waals surface area contributed by atoms with Crippen molar-refractivity contribution in [2.45, 2.75) is 64.3 Å². The van der Waals surface area contributed by atoms with E-state index in [9.17, 15) is 0 Å². The minimum atomic E-state index is 0.791. The maximum absolute atomic E-state index is 3.75. The van der Waals surface area contributed by atoms with E-state index in [-0.39, 0.29) is 0 Å². The molecule has 1 aromatic carbocycles. The molecule has 0 spiro atoms. The van der Waals surface area contributed by atoms with Crippen LogP contribution in [0.2, 0.25) is 0 Å². The zero-order chi connectivity index (χ0) is 13.2. The second-order valence-electron chi connectivity index (χ2n) is 6.68. The minimum Gasteiger partial charge on any atom is -0.314 e. The molecule has 2 fully saturated rings. The molecule has 2 unspecified atom stereocenters. The number of hydrogen-bond donors (Lipinski definition) is 1. The third kappa shape index (κ3) is 3.20. The molecule has 1 aromatic rings. The third-order valence-electron chi connectivity index (χ3n) is 5.11. The van der Waals surface area contributed by atoms with Gasteiger partial charge in [-0.2, -0.15) is 0 Å². The molecule has 2 saturated carbocycles. The predicted octanol–water partition coefficient (Wildman–Crippen LogP) is 4.33. The Hall–Kier alpha value is -0.820. The van der Waals surface area contributed by atoms with Crippen LogP contribution in [0.3, 0.4) is 0 Å². The first kappa shape index (κ1) is 13.2. The number of aryl methyl sites for hydroxylation is 2. The van der Waals surface area contributed by atoms with E-state index >= 15 is 0 Å². The largest absolute Gasteiger partial charge is 0.314 e. The number of nitrogens with one attached hydrogen (secondary N) is 1. The second kappa shape index (κ2) is 5.66. The van der Waals surface area contributed by atoms with E-state index in [1.807, 2.05) is 0 Å². The molecule has 0 saturated heterocycles. The normalized spacial score (nSPS) is 27.5. The van der Waals surface area contributed by atoms with Gasteiger partial charge in [0.05, 0.1) is 0 Å². The minimum absolute atomic E-state index is 0.791. The fourth-order valence-electron chi connectivity index (χ4n) is 3.49. The number of hydrogen-bond acceptors (Lipinski definition) is 1. The van der Waals surface area contributed by atoms with Crippen molar-refractivity contribution in [2.24, 2.45) is 5.92 Å². The molecule has 0 bridgehead atoms. The summed E-state index contributed by atoms with van der Waals surface area (Å²) in [4.78, 5) is 0. The van der Waals surface area contributed by atoms with Crippen molar-refractivity contribution in [2.75, 3.05) is 6.54 Å². The van der Waals surface area contributed by atoms with Gasteiger partial charge in [0.25, 0.3) is 0 Å². The molecule has 104 valence electrons. The van der Waals surface area contributed by atoms with E-state index in [0.717, 1.165) is 17.9 Å². The molecule has 1 heteroatoms. The first-order valence-electron chi connectivity index (χ1n) is 8.04. The summed E-state index contributed by atoms with van der Waals surface area (Å²) in [5.74, 6) is 1.65. The Morgan fingerprint density at radius 3 is 2.53 bits per heavy atom. The first-order valence-corrected chi connectivity index (χ1v) is 8.04. The van der Waals surface area contributed by atoms with Gasteiger partial charge in [0, 0.05) is 6.04 Å². The van der Waals surface area contributed by atoms with Crippen molar-refractivity contribution in [3.8, 4) is 0 Å². The summed E-state index contributed by atoms with van der Waals surface area (Å²) in [6, 6.07) is 7.98. The van der Waals surface area contributed by atoms with Crippen molar-refractivity contribution in [1.29, 1.82) is 0 Å². The monoisotopic (exact) mass is 257 g/mol. The lowest BCUT2D eigenvalue weighted by atomic mass is 9.75. The van der Waals surface area contributed by atoms with Crippen LogP contribution in [0, 0.1) is 19.8 Å². The van der Waals surface area contributed by atoms with Crippen molar-refractivity contribution in [3.63, 3.8) is 0 Å². The maximum atomic E-state index is 3.75. The van der Waals surface area contributed by atoms with E-state index in [1.165, 1.54) is 56.2 Å². The van der Waals surface area contributed by atoms with Crippen LogP contribution < -0.4 is 5.32 Å². The van der Waals surface area contributed by atoms with Gasteiger partial charge in [-0.25, -0.2) is 0 Å². The van der Waals surface area contributed by atoms with Crippen LogP contribution in [0.15, 0.2) is 18.2 Å². The number of rotatable bonds is 4. The predicted molar refractivity (Wildman–Crippen MR) is 81.6 cm³/mol. The van der Waals surface area contributed by atoms with Gasteiger partial charge in [-0.3, -0.25) is 0 Å². The molecule has 2 atom stereocenters. The van der Waals surface area contributed by atoms with Crippen LogP contribution in [-0.4, -0.2) is 12.6 Å². The lowest BCUT2D eigenvalue weighted by Gasteiger charge is -2.32. The zero-order valence-electron chi connectivity index (χ0n) is 12.4. The van der Waals surface area contributed by atoms with E-state index in [0.29, 0.717) is 0 Å². The highest BCUT2D eigenvalue weighted by atomic mass is 14.9. The van der Waals surface area contributed by atoms with E-state index < -0.39 is 0 Å². The summed E-state index contributed by atoms with van der Waals surface area (Å²) in [6.45, 7) is 5.70. The topological polar surface area (TPSA) is 12.0 Å². The summed E-state index contributed by atoms with van der Waals surface area (Å²) in [6.07, 6.45) is 8.45. The molecule has 19 heavy (non-hydrogen) atoms. The highest BCUT2D eigenvalue weighted by molar-refractivity contribution is 5.32. The highest BCUT2D eigenvalue weighted by Gasteiger charge is 2.29. The number of benzene rings is 1. The average Bonchev–Trinajstić information content (AvgIpc) is 3.24. The van der Waals surface area contributed by atoms with E-state index in [4.69, 9.17) is 0 Å². The van der Waals surface area contributed by atoms with Gasteiger partial charge in [-0.15, -0.1) is 0 Å². The van der Waals surface area contributed by atoms with Gasteiger partial charge >= 0.3 is 0 Å². The van der Waals surface area contributed by atoms with Gasteiger partial charge in [0.15, 0.2) is 0 Å². The molecule has 3 rings (SSSR count). The van der Waals surface area contributed by atoms with Crippen molar-refractivity contribution >= 4 is 0 Å². The van der Waals surface area contributed by atoms with Crippen LogP contribution >= 0.6 is 0 Å². The summed E-state index contributed by atoms with van der Waals surface area (Å²) < 4.78 is 0. The Kier molecular flexibility index (Phi) is 3.93. The molecule has 0 amide bonds. The molecule has 0 aromatic heterocycles. The molecule has 0 heterocycles. The van der Waals surface area contributed by atoms with Crippen LogP contribution in [0.1, 0.15) is 61.1 Å². The SMILES string of the molecule is Cc1ccc(C2CCCCC2CNC2CC2)cc1C. The fourth-order valence-corrected chi connectivity index (χ4v) is 3.49. The summed E-state index contributed by atoms with van der Waals surface area (Å²) in [7, 11) is 0. The third-order valence-corrected chi connectivity index (χ3v) is 5.11. The molecular weight excluding hydrogens is 230 g/mol.